The Morgan fingerprint density at radius 2 is 1.62 bits per heavy atom. The van der Waals surface area contributed by atoms with Gasteiger partial charge in [-0.05, 0) is 56.3 Å². The highest BCUT2D eigenvalue weighted by molar-refractivity contribution is 6.30. The Balaban J connectivity index is 1.62. The molecule has 3 atom stereocenters. The number of esters is 1. The number of hydrogen-bond donors (Lipinski definition) is 1. The number of ketones is 1. The molecule has 1 aliphatic carbocycles. The predicted octanol–water partition coefficient (Wildman–Crippen LogP) is 5.18. The number of amides is 1. The van der Waals surface area contributed by atoms with Crippen molar-refractivity contribution in [1.29, 1.82) is 0 Å². The summed E-state index contributed by atoms with van der Waals surface area (Å²) in [5.41, 5.74) is -0.315. The lowest BCUT2D eigenvalue weighted by molar-refractivity contribution is -0.147. The molecule has 2 aliphatic rings. The van der Waals surface area contributed by atoms with E-state index in [0.29, 0.717) is 27.6 Å². The quantitative estimate of drug-likeness (QED) is 0.260. The molecule has 0 aromatic heterocycles. The summed E-state index contributed by atoms with van der Waals surface area (Å²) in [6, 6.07) is 20.8. The van der Waals surface area contributed by atoms with Crippen LogP contribution in [0.3, 0.4) is 0 Å². The van der Waals surface area contributed by atoms with Crippen LogP contribution in [0, 0.1) is 17.8 Å². The zero-order valence-corrected chi connectivity index (χ0v) is 18.3. The number of hydrogen-bond acceptors (Lipinski definition) is 4. The maximum absolute atomic E-state index is 13.7. The van der Waals surface area contributed by atoms with Gasteiger partial charge in [0.05, 0.1) is 5.41 Å². The average molecular weight is 446 g/mol. The van der Waals surface area contributed by atoms with E-state index in [1.165, 1.54) is 0 Å². The molecule has 3 aromatic carbocycles. The lowest BCUT2D eigenvalue weighted by atomic mass is 9.86. The molecule has 32 heavy (non-hydrogen) atoms. The molecule has 1 N–H and O–H groups in total. The van der Waals surface area contributed by atoms with Gasteiger partial charge in [0.1, 0.15) is 5.75 Å². The van der Waals surface area contributed by atoms with Crippen molar-refractivity contribution >= 4 is 34.9 Å². The van der Waals surface area contributed by atoms with Crippen molar-refractivity contribution in [2.45, 2.75) is 19.8 Å². The average Bonchev–Trinajstić information content (AvgIpc) is 3.39. The molecule has 3 aromatic rings. The summed E-state index contributed by atoms with van der Waals surface area (Å²) in [4.78, 5) is 40.7. The molecular formula is C26H20ClNO4. The van der Waals surface area contributed by atoms with Crippen molar-refractivity contribution in [3.8, 4) is 5.75 Å². The van der Waals surface area contributed by atoms with Crippen LogP contribution in [0.15, 0.2) is 72.8 Å². The lowest BCUT2D eigenvalue weighted by Gasteiger charge is -2.23. The number of nitrogens with one attached hydrogen (secondary N) is 1. The van der Waals surface area contributed by atoms with Crippen LogP contribution in [0.25, 0.3) is 0 Å². The molecule has 0 bridgehead atoms. The molecule has 1 saturated carbocycles. The monoisotopic (exact) mass is 445 g/mol. The molecular weight excluding hydrogens is 426 g/mol. The Morgan fingerprint density at radius 1 is 0.969 bits per heavy atom. The fourth-order valence-corrected chi connectivity index (χ4v) is 5.15. The highest BCUT2D eigenvalue weighted by Crippen LogP contribution is 2.78. The van der Waals surface area contributed by atoms with Crippen LogP contribution >= 0.6 is 11.6 Å². The van der Waals surface area contributed by atoms with Crippen LogP contribution in [0.2, 0.25) is 5.02 Å². The summed E-state index contributed by atoms with van der Waals surface area (Å²) < 4.78 is 5.59. The maximum Gasteiger partial charge on any atom is 0.328 e. The molecule has 0 radical (unpaired) electrons. The van der Waals surface area contributed by atoms with Crippen LogP contribution in [-0.4, -0.2) is 17.7 Å². The van der Waals surface area contributed by atoms with E-state index in [4.69, 9.17) is 16.3 Å². The van der Waals surface area contributed by atoms with E-state index in [2.05, 4.69) is 5.32 Å². The van der Waals surface area contributed by atoms with Gasteiger partial charge in [0.25, 0.3) is 0 Å². The van der Waals surface area contributed by atoms with E-state index in [9.17, 15) is 14.4 Å². The number of anilines is 1. The molecule has 0 unspecified atom stereocenters. The molecule has 1 heterocycles. The molecule has 0 spiro atoms. The van der Waals surface area contributed by atoms with Crippen LogP contribution < -0.4 is 10.1 Å². The molecule has 6 heteroatoms. The lowest BCUT2D eigenvalue weighted by Crippen LogP contribution is -2.42. The molecule has 1 fully saturated rings. The third-order valence-corrected chi connectivity index (χ3v) is 7.00. The van der Waals surface area contributed by atoms with Crippen LogP contribution in [0.5, 0.6) is 5.75 Å². The topological polar surface area (TPSA) is 72.5 Å². The van der Waals surface area contributed by atoms with E-state index in [1.54, 1.807) is 61.5 Å². The number of carbonyl (C=O) groups excluding carboxylic acids is 3. The number of benzene rings is 3. The number of carbonyl (C=O) groups is 3. The minimum absolute atomic E-state index is 0.299. The molecule has 0 saturated heterocycles. The summed E-state index contributed by atoms with van der Waals surface area (Å²) in [7, 11) is 0. The smallest absolute Gasteiger partial charge is 0.328 e. The number of rotatable bonds is 4. The van der Waals surface area contributed by atoms with E-state index in [1.807, 2.05) is 25.1 Å². The fourth-order valence-electron chi connectivity index (χ4n) is 5.02. The van der Waals surface area contributed by atoms with Crippen molar-refractivity contribution in [2.75, 3.05) is 5.32 Å². The Bertz CT molecular complexity index is 1270. The van der Waals surface area contributed by atoms with Gasteiger partial charge < -0.3 is 10.1 Å². The van der Waals surface area contributed by atoms with Gasteiger partial charge in [-0.15, -0.1) is 0 Å². The van der Waals surface area contributed by atoms with Crippen molar-refractivity contribution < 1.29 is 19.1 Å². The van der Waals surface area contributed by atoms with Gasteiger partial charge in [0, 0.05) is 27.8 Å². The van der Waals surface area contributed by atoms with Crippen LogP contribution in [0.4, 0.5) is 5.69 Å². The molecule has 5 nitrogen and oxygen atoms in total. The summed E-state index contributed by atoms with van der Waals surface area (Å²) in [6.07, 6.45) is 0. The summed E-state index contributed by atoms with van der Waals surface area (Å²) in [5, 5.41) is 3.34. The normalized spacial score (nSPS) is 25.2. The highest BCUT2D eigenvalue weighted by atomic mass is 35.5. The zero-order valence-electron chi connectivity index (χ0n) is 17.5. The number of Topliss-reactive ketones (excluding diaryl/α,β-unsaturated/α-hetero) is 1. The van der Waals surface area contributed by atoms with Crippen molar-refractivity contribution in [3.05, 3.63) is 94.5 Å². The molecule has 160 valence electrons. The summed E-state index contributed by atoms with van der Waals surface area (Å²) in [6.45, 7) is 3.62. The standard InChI is InChI=1S/C26H20ClNO4/c1-15-7-13-18(14-8-15)28-23(30)26-21(19-5-3-4-6-20(19)32-24(26)31)25(26,2)22(29)16-9-11-17(27)12-10-16/h3-14,21H,1-2H3,(H,28,30)/t21-,25+,26+/m1/s1. The third kappa shape index (κ3) is 2.67. The first-order chi connectivity index (χ1) is 15.3. The van der Waals surface area contributed by atoms with Gasteiger partial charge >= 0.3 is 5.97 Å². The van der Waals surface area contributed by atoms with Gasteiger partial charge in [-0.2, -0.15) is 0 Å². The third-order valence-electron chi connectivity index (χ3n) is 6.75. The largest absolute Gasteiger partial charge is 0.425 e. The minimum atomic E-state index is -1.66. The summed E-state index contributed by atoms with van der Waals surface area (Å²) >= 11 is 5.99. The Kier molecular flexibility index (Phi) is 4.50. The fraction of sp³-hybridized carbons (Fsp3) is 0.192. The number of fused-ring (bicyclic) bond motifs is 3. The highest BCUT2D eigenvalue weighted by Gasteiger charge is 2.88. The van der Waals surface area contributed by atoms with Gasteiger partial charge in [0.2, 0.25) is 5.91 Å². The first kappa shape index (κ1) is 20.5. The maximum atomic E-state index is 13.7. The Morgan fingerprint density at radius 3 is 2.31 bits per heavy atom. The van der Waals surface area contributed by atoms with Gasteiger partial charge in [-0.25, -0.2) is 0 Å². The van der Waals surface area contributed by atoms with Crippen molar-refractivity contribution in [3.63, 3.8) is 0 Å². The number of para-hydroxylation sites is 1. The second-order valence-corrected chi connectivity index (χ2v) is 8.96. The van der Waals surface area contributed by atoms with Crippen molar-refractivity contribution in [1.82, 2.24) is 0 Å². The van der Waals surface area contributed by atoms with Crippen LogP contribution in [-0.2, 0) is 9.59 Å². The van der Waals surface area contributed by atoms with Gasteiger partial charge in [-0.3, -0.25) is 14.4 Å². The molecule has 1 aliphatic heterocycles. The zero-order chi connectivity index (χ0) is 22.7. The SMILES string of the molecule is Cc1ccc(NC(=O)[C@]23C(=O)Oc4ccccc4[C@@H]2[C@@]3(C)C(=O)c2ccc(Cl)cc2)cc1. The van der Waals surface area contributed by atoms with Gasteiger partial charge in [0.15, 0.2) is 11.2 Å². The van der Waals surface area contributed by atoms with E-state index < -0.39 is 28.6 Å². The first-order valence-corrected chi connectivity index (χ1v) is 10.7. The Hall–Kier alpha value is -3.44. The van der Waals surface area contributed by atoms with E-state index >= 15 is 0 Å². The number of halogens is 1. The number of aryl methyl sites for hydroxylation is 1. The Labute approximate surface area is 190 Å². The predicted molar refractivity (Wildman–Crippen MR) is 121 cm³/mol. The molecule has 5 rings (SSSR count). The number of ether oxygens (including phenoxy) is 1. The summed E-state index contributed by atoms with van der Waals surface area (Å²) in [5.74, 6) is -1.81. The second-order valence-electron chi connectivity index (χ2n) is 8.53. The molecule has 1 amide bonds. The first-order valence-electron chi connectivity index (χ1n) is 10.3. The minimum Gasteiger partial charge on any atom is -0.425 e. The van der Waals surface area contributed by atoms with E-state index in [-0.39, 0.29) is 5.78 Å². The van der Waals surface area contributed by atoms with E-state index in [0.717, 1.165) is 5.56 Å². The second kappa shape index (κ2) is 7.04. The van der Waals surface area contributed by atoms with Crippen molar-refractivity contribution in [2.24, 2.45) is 10.8 Å². The van der Waals surface area contributed by atoms with Crippen LogP contribution in [0.1, 0.15) is 34.3 Å². The van der Waals surface area contributed by atoms with Gasteiger partial charge in [-0.1, -0.05) is 47.5 Å².